The van der Waals surface area contributed by atoms with E-state index < -0.39 is 5.97 Å². The van der Waals surface area contributed by atoms with E-state index in [1.807, 2.05) is 37.3 Å². The lowest BCUT2D eigenvalue weighted by Gasteiger charge is -2.02. The van der Waals surface area contributed by atoms with Crippen molar-refractivity contribution in [1.82, 2.24) is 4.98 Å². The summed E-state index contributed by atoms with van der Waals surface area (Å²) < 4.78 is 0. The molecule has 2 heterocycles. The van der Waals surface area contributed by atoms with Crippen molar-refractivity contribution in [3.05, 3.63) is 53.0 Å². The zero-order valence-corrected chi connectivity index (χ0v) is 11.1. The summed E-state index contributed by atoms with van der Waals surface area (Å²) in [6.45, 7) is 1.93. The zero-order valence-electron chi connectivity index (χ0n) is 10.3. The second kappa shape index (κ2) is 4.48. The molecule has 0 spiro atoms. The third-order valence-electron chi connectivity index (χ3n) is 3.00. The Morgan fingerprint density at radius 2 is 2.11 bits per heavy atom. The van der Waals surface area contributed by atoms with E-state index in [0.717, 1.165) is 26.9 Å². The molecule has 0 atom stereocenters. The van der Waals surface area contributed by atoms with Gasteiger partial charge in [0.15, 0.2) is 0 Å². The molecule has 0 saturated heterocycles. The molecule has 0 aliphatic rings. The maximum Gasteiger partial charge on any atom is 0.345 e. The van der Waals surface area contributed by atoms with Crippen LogP contribution in [-0.4, -0.2) is 16.1 Å². The minimum Gasteiger partial charge on any atom is -0.477 e. The van der Waals surface area contributed by atoms with Crippen LogP contribution < -0.4 is 0 Å². The zero-order chi connectivity index (χ0) is 13.4. The number of carbonyl (C=O) groups is 1. The second-order valence-corrected chi connectivity index (χ2v) is 5.39. The van der Waals surface area contributed by atoms with Crippen molar-refractivity contribution >= 4 is 28.2 Å². The molecule has 0 aliphatic heterocycles. The van der Waals surface area contributed by atoms with E-state index >= 15 is 0 Å². The molecule has 0 radical (unpaired) electrons. The molecule has 0 fully saturated rings. The molecule has 3 nitrogen and oxygen atoms in total. The maximum atomic E-state index is 11.0. The highest BCUT2D eigenvalue weighted by atomic mass is 32.1. The number of rotatable bonds is 2. The number of benzene rings is 1. The van der Waals surface area contributed by atoms with Crippen molar-refractivity contribution in [1.29, 1.82) is 0 Å². The second-order valence-electron chi connectivity index (χ2n) is 4.34. The standard InChI is InChI=1S/C15H11NO2S/c1-9-7-13(15(17)18)19-14(9)11-5-4-10-3-2-6-16-12(10)8-11/h2-8H,1H3,(H,17,18). The first kappa shape index (κ1) is 11.9. The van der Waals surface area contributed by atoms with E-state index in [2.05, 4.69) is 4.98 Å². The fourth-order valence-electron chi connectivity index (χ4n) is 2.08. The number of hydrogen-bond donors (Lipinski definition) is 1. The Balaban J connectivity index is 2.16. The topological polar surface area (TPSA) is 50.2 Å². The molecule has 2 aromatic heterocycles. The van der Waals surface area contributed by atoms with Gasteiger partial charge in [0.25, 0.3) is 0 Å². The van der Waals surface area contributed by atoms with E-state index in [4.69, 9.17) is 5.11 Å². The third-order valence-corrected chi connectivity index (χ3v) is 4.27. The predicted octanol–water partition coefficient (Wildman–Crippen LogP) is 3.97. The predicted molar refractivity (Wildman–Crippen MR) is 76.8 cm³/mol. The summed E-state index contributed by atoms with van der Waals surface area (Å²) in [7, 11) is 0. The van der Waals surface area contributed by atoms with Crippen LogP contribution in [0.4, 0.5) is 0 Å². The van der Waals surface area contributed by atoms with Gasteiger partial charge >= 0.3 is 5.97 Å². The molecular weight excluding hydrogens is 258 g/mol. The monoisotopic (exact) mass is 269 g/mol. The van der Waals surface area contributed by atoms with Crippen molar-refractivity contribution in [2.24, 2.45) is 0 Å². The van der Waals surface area contributed by atoms with Crippen LogP contribution in [0, 0.1) is 6.92 Å². The summed E-state index contributed by atoms with van der Waals surface area (Å²) >= 11 is 1.30. The number of fused-ring (bicyclic) bond motifs is 1. The van der Waals surface area contributed by atoms with Gasteiger partial charge in [-0.1, -0.05) is 18.2 Å². The van der Waals surface area contributed by atoms with Crippen LogP contribution in [0.25, 0.3) is 21.3 Å². The van der Waals surface area contributed by atoms with E-state index in [1.165, 1.54) is 11.3 Å². The molecule has 4 heteroatoms. The lowest BCUT2D eigenvalue weighted by Crippen LogP contribution is -1.89. The molecule has 94 valence electrons. The van der Waals surface area contributed by atoms with Gasteiger partial charge < -0.3 is 5.11 Å². The van der Waals surface area contributed by atoms with E-state index in [1.54, 1.807) is 12.3 Å². The molecule has 0 unspecified atom stereocenters. The highest BCUT2D eigenvalue weighted by Gasteiger charge is 2.12. The number of nitrogens with zero attached hydrogens (tertiary/aromatic N) is 1. The van der Waals surface area contributed by atoms with Gasteiger partial charge in [-0.2, -0.15) is 0 Å². The van der Waals surface area contributed by atoms with E-state index in [0.29, 0.717) is 4.88 Å². The van der Waals surface area contributed by atoms with Gasteiger partial charge in [-0.15, -0.1) is 11.3 Å². The highest BCUT2D eigenvalue weighted by Crippen LogP contribution is 2.33. The molecular formula is C15H11NO2S. The molecule has 0 bridgehead atoms. The van der Waals surface area contributed by atoms with Crippen LogP contribution in [0.3, 0.4) is 0 Å². The molecule has 1 N–H and O–H groups in total. The SMILES string of the molecule is Cc1cc(C(=O)O)sc1-c1ccc2cccnc2c1. The van der Waals surface area contributed by atoms with Crippen molar-refractivity contribution in [3.8, 4) is 10.4 Å². The molecule has 0 saturated carbocycles. The summed E-state index contributed by atoms with van der Waals surface area (Å²) in [6, 6.07) is 11.6. The molecule has 0 aliphatic carbocycles. The summed E-state index contributed by atoms with van der Waals surface area (Å²) in [5, 5.41) is 10.1. The molecule has 1 aromatic carbocycles. The Bertz CT molecular complexity index is 777. The number of hydrogen-bond acceptors (Lipinski definition) is 3. The van der Waals surface area contributed by atoms with Crippen LogP contribution in [-0.2, 0) is 0 Å². The summed E-state index contributed by atoms with van der Waals surface area (Å²) in [6.07, 6.45) is 1.76. The minimum atomic E-state index is -0.877. The Morgan fingerprint density at radius 1 is 1.26 bits per heavy atom. The normalized spacial score (nSPS) is 10.8. The average Bonchev–Trinajstić information content (AvgIpc) is 2.80. The molecule has 3 aromatic rings. The van der Waals surface area contributed by atoms with E-state index in [-0.39, 0.29) is 0 Å². The Labute approximate surface area is 114 Å². The first-order valence-electron chi connectivity index (χ1n) is 5.84. The van der Waals surface area contributed by atoms with Crippen LogP contribution in [0.5, 0.6) is 0 Å². The van der Waals surface area contributed by atoms with Crippen molar-refractivity contribution in [2.45, 2.75) is 6.92 Å². The number of aromatic nitrogens is 1. The van der Waals surface area contributed by atoms with Crippen molar-refractivity contribution in [3.63, 3.8) is 0 Å². The fourth-order valence-corrected chi connectivity index (χ4v) is 3.09. The maximum absolute atomic E-state index is 11.0. The van der Waals surface area contributed by atoms with Crippen LogP contribution in [0.2, 0.25) is 0 Å². The van der Waals surface area contributed by atoms with Crippen molar-refractivity contribution < 1.29 is 9.90 Å². The lowest BCUT2D eigenvalue weighted by molar-refractivity contribution is 0.0702. The van der Waals surface area contributed by atoms with Gasteiger partial charge in [-0.25, -0.2) is 4.79 Å². The first-order valence-corrected chi connectivity index (χ1v) is 6.66. The number of aryl methyl sites for hydroxylation is 1. The van der Waals surface area contributed by atoms with E-state index in [9.17, 15) is 4.79 Å². The highest BCUT2D eigenvalue weighted by molar-refractivity contribution is 7.17. The van der Waals surface area contributed by atoms with Gasteiger partial charge in [0.1, 0.15) is 4.88 Å². The fraction of sp³-hybridized carbons (Fsp3) is 0.0667. The van der Waals surface area contributed by atoms with Gasteiger partial charge in [0.05, 0.1) is 5.52 Å². The number of thiophene rings is 1. The number of carboxylic acid groups (broad SMARTS) is 1. The quantitative estimate of drug-likeness (QED) is 0.765. The largest absolute Gasteiger partial charge is 0.477 e. The summed E-state index contributed by atoms with van der Waals surface area (Å²) in [4.78, 5) is 16.7. The Morgan fingerprint density at radius 3 is 2.84 bits per heavy atom. The van der Waals surface area contributed by atoms with Gasteiger partial charge in [0, 0.05) is 16.5 Å². The summed E-state index contributed by atoms with van der Waals surface area (Å²) in [5.74, 6) is -0.877. The van der Waals surface area contributed by atoms with Gasteiger partial charge in [-0.3, -0.25) is 4.98 Å². The van der Waals surface area contributed by atoms with Gasteiger partial charge in [0.2, 0.25) is 0 Å². The van der Waals surface area contributed by atoms with Crippen LogP contribution in [0.15, 0.2) is 42.6 Å². The molecule has 3 rings (SSSR count). The average molecular weight is 269 g/mol. The third kappa shape index (κ3) is 2.11. The van der Waals surface area contributed by atoms with Gasteiger partial charge in [-0.05, 0) is 36.2 Å². The molecule has 0 amide bonds. The Hall–Kier alpha value is -2.20. The van der Waals surface area contributed by atoms with Crippen molar-refractivity contribution in [2.75, 3.05) is 0 Å². The van der Waals surface area contributed by atoms with Crippen LogP contribution in [0.1, 0.15) is 15.2 Å². The molecule has 19 heavy (non-hydrogen) atoms. The number of pyridine rings is 1. The smallest absolute Gasteiger partial charge is 0.345 e. The first-order chi connectivity index (χ1) is 9.15. The number of aromatic carboxylic acids is 1. The Kier molecular flexibility index (Phi) is 2.80. The lowest BCUT2D eigenvalue weighted by atomic mass is 10.1. The minimum absolute atomic E-state index is 0.369. The summed E-state index contributed by atoms with van der Waals surface area (Å²) in [5.41, 5.74) is 2.92. The van der Waals surface area contributed by atoms with Crippen LogP contribution >= 0.6 is 11.3 Å². The number of carboxylic acids is 1.